The van der Waals surface area contributed by atoms with Gasteiger partial charge in [-0.15, -0.1) is 0 Å². The number of likely N-dealkylation sites (tertiary alicyclic amines) is 1. The zero-order valence-corrected chi connectivity index (χ0v) is 18.2. The molecule has 1 atom stereocenters. The van der Waals surface area contributed by atoms with Gasteiger partial charge in [0.2, 0.25) is 0 Å². The molecule has 2 saturated heterocycles. The molecule has 0 saturated carbocycles. The molecule has 0 radical (unpaired) electrons. The summed E-state index contributed by atoms with van der Waals surface area (Å²) >= 11 is 0. The van der Waals surface area contributed by atoms with Crippen LogP contribution in [0.25, 0.3) is 5.76 Å². The van der Waals surface area contributed by atoms with E-state index in [0.29, 0.717) is 44.2 Å². The highest BCUT2D eigenvalue weighted by Crippen LogP contribution is 2.41. The number of aliphatic hydroxyl groups excluding tert-OH is 1. The first kappa shape index (κ1) is 22.8. The molecule has 2 fully saturated rings. The number of ether oxygens (including phenoxy) is 2. The maximum atomic E-state index is 13.6. The third-order valence-electron chi connectivity index (χ3n) is 5.95. The van der Waals surface area contributed by atoms with E-state index < -0.39 is 29.3 Å². The minimum atomic E-state index is -0.923. The number of carbonyl (C=O) groups excluding carboxylic acids is 2. The van der Waals surface area contributed by atoms with Gasteiger partial charge in [-0.1, -0.05) is 12.1 Å². The second-order valence-electron chi connectivity index (χ2n) is 7.88. The van der Waals surface area contributed by atoms with E-state index >= 15 is 0 Å². The lowest BCUT2D eigenvalue weighted by molar-refractivity contribution is -0.140. The summed E-state index contributed by atoms with van der Waals surface area (Å²) in [6.07, 6.45) is 0. The molecule has 33 heavy (non-hydrogen) atoms. The lowest BCUT2D eigenvalue weighted by Gasteiger charge is -2.31. The predicted octanol–water partition coefficient (Wildman–Crippen LogP) is 2.29. The van der Waals surface area contributed by atoms with Crippen molar-refractivity contribution in [1.82, 2.24) is 9.80 Å². The van der Waals surface area contributed by atoms with Crippen molar-refractivity contribution in [3.8, 4) is 11.5 Å². The van der Waals surface area contributed by atoms with Gasteiger partial charge in [0, 0.05) is 32.2 Å². The summed E-state index contributed by atoms with van der Waals surface area (Å²) in [4.78, 5) is 29.5. The highest BCUT2D eigenvalue weighted by molar-refractivity contribution is 6.46. The van der Waals surface area contributed by atoms with Gasteiger partial charge in [0.1, 0.15) is 23.1 Å². The molecule has 2 aromatic rings. The number of aliphatic hydroxyl groups is 1. The third kappa shape index (κ3) is 4.55. The van der Waals surface area contributed by atoms with Gasteiger partial charge in [-0.2, -0.15) is 0 Å². The van der Waals surface area contributed by atoms with E-state index in [2.05, 4.69) is 4.90 Å². The number of phenols is 1. The van der Waals surface area contributed by atoms with Gasteiger partial charge >= 0.3 is 0 Å². The van der Waals surface area contributed by atoms with E-state index in [1.54, 1.807) is 0 Å². The Morgan fingerprint density at radius 2 is 1.82 bits per heavy atom. The molecule has 0 bridgehead atoms. The molecule has 1 unspecified atom stereocenters. The van der Waals surface area contributed by atoms with Crippen LogP contribution in [0.4, 0.5) is 4.39 Å². The van der Waals surface area contributed by atoms with Crippen molar-refractivity contribution in [1.29, 1.82) is 0 Å². The van der Waals surface area contributed by atoms with Crippen molar-refractivity contribution in [3.05, 3.63) is 65.0 Å². The minimum absolute atomic E-state index is 0.00547. The van der Waals surface area contributed by atoms with E-state index in [4.69, 9.17) is 9.47 Å². The molecule has 2 heterocycles. The molecule has 0 spiro atoms. The number of rotatable bonds is 6. The molecular formula is C24H25FN2O6. The number of aromatic hydroxyl groups is 1. The maximum Gasteiger partial charge on any atom is 0.295 e. The number of hydrogen-bond acceptors (Lipinski definition) is 7. The van der Waals surface area contributed by atoms with Crippen LogP contribution in [0.2, 0.25) is 0 Å². The number of ketones is 1. The van der Waals surface area contributed by atoms with Crippen molar-refractivity contribution >= 4 is 17.4 Å². The van der Waals surface area contributed by atoms with Crippen LogP contribution in [0.5, 0.6) is 11.5 Å². The number of phenolic OH excluding ortho intramolecular Hbond substituents is 1. The molecule has 0 aromatic heterocycles. The molecule has 0 aliphatic carbocycles. The quantitative estimate of drug-likeness (QED) is 0.391. The van der Waals surface area contributed by atoms with Crippen LogP contribution < -0.4 is 4.74 Å². The largest absolute Gasteiger partial charge is 0.507 e. The Labute approximate surface area is 190 Å². The summed E-state index contributed by atoms with van der Waals surface area (Å²) in [5.41, 5.74) is 0.315. The van der Waals surface area contributed by atoms with Gasteiger partial charge < -0.3 is 24.6 Å². The molecule has 2 aliphatic heterocycles. The van der Waals surface area contributed by atoms with Crippen molar-refractivity contribution in [2.24, 2.45) is 0 Å². The van der Waals surface area contributed by atoms with Crippen LogP contribution >= 0.6 is 0 Å². The summed E-state index contributed by atoms with van der Waals surface area (Å²) in [5, 5.41) is 21.4. The normalized spacial score (nSPS) is 20.9. The zero-order chi connectivity index (χ0) is 23.5. The highest BCUT2D eigenvalue weighted by atomic mass is 19.1. The summed E-state index contributed by atoms with van der Waals surface area (Å²) in [5.74, 6) is -2.52. The molecule has 2 aliphatic rings. The van der Waals surface area contributed by atoms with E-state index in [9.17, 15) is 24.2 Å². The Kier molecular flexibility index (Phi) is 6.62. The summed E-state index contributed by atoms with van der Waals surface area (Å²) in [6, 6.07) is 8.75. The molecule has 4 rings (SSSR count). The van der Waals surface area contributed by atoms with Gasteiger partial charge in [-0.25, -0.2) is 4.39 Å². The van der Waals surface area contributed by atoms with Gasteiger partial charge in [0.25, 0.3) is 11.7 Å². The Morgan fingerprint density at radius 3 is 2.45 bits per heavy atom. The first-order valence-electron chi connectivity index (χ1n) is 10.6. The average molecular weight is 456 g/mol. The highest BCUT2D eigenvalue weighted by Gasteiger charge is 2.46. The Hall–Kier alpha value is -3.43. The molecule has 174 valence electrons. The van der Waals surface area contributed by atoms with Crippen LogP contribution in [0, 0.1) is 5.82 Å². The van der Waals surface area contributed by atoms with Gasteiger partial charge in [0.05, 0.1) is 37.5 Å². The van der Waals surface area contributed by atoms with Crippen LogP contribution in [0.15, 0.2) is 48.0 Å². The topological polar surface area (TPSA) is 99.5 Å². The number of morpholine rings is 1. The number of halogens is 1. The minimum Gasteiger partial charge on any atom is -0.507 e. The Bertz CT molecular complexity index is 1080. The SMILES string of the molecule is COc1ccc(/C(O)=C2\C(=O)C(=O)N(CCN3CCOCC3)C2c2ccc(F)cc2)c(O)c1. The van der Waals surface area contributed by atoms with Crippen molar-refractivity contribution < 1.29 is 33.7 Å². The summed E-state index contributed by atoms with van der Waals surface area (Å²) < 4.78 is 24.0. The molecule has 8 nitrogen and oxygen atoms in total. The fraction of sp³-hybridized carbons (Fsp3) is 0.333. The smallest absolute Gasteiger partial charge is 0.295 e. The third-order valence-corrected chi connectivity index (χ3v) is 5.95. The van der Waals surface area contributed by atoms with E-state index in [0.717, 1.165) is 0 Å². The van der Waals surface area contributed by atoms with Gasteiger partial charge in [-0.3, -0.25) is 14.5 Å². The number of carbonyl (C=O) groups is 2. The fourth-order valence-corrected chi connectivity index (χ4v) is 4.16. The second-order valence-corrected chi connectivity index (χ2v) is 7.88. The number of nitrogens with zero attached hydrogens (tertiary/aromatic N) is 2. The zero-order valence-electron chi connectivity index (χ0n) is 18.2. The van der Waals surface area contributed by atoms with Gasteiger partial charge in [0.15, 0.2) is 0 Å². The predicted molar refractivity (Wildman–Crippen MR) is 117 cm³/mol. The number of amides is 1. The number of hydrogen-bond donors (Lipinski definition) is 2. The molecule has 1 amide bonds. The van der Waals surface area contributed by atoms with E-state index in [-0.39, 0.29) is 23.4 Å². The molecule has 9 heteroatoms. The lowest BCUT2D eigenvalue weighted by Crippen LogP contribution is -2.42. The van der Waals surface area contributed by atoms with Crippen molar-refractivity contribution in [3.63, 3.8) is 0 Å². The van der Waals surface area contributed by atoms with Crippen LogP contribution in [0.3, 0.4) is 0 Å². The Morgan fingerprint density at radius 1 is 1.12 bits per heavy atom. The fourth-order valence-electron chi connectivity index (χ4n) is 4.16. The summed E-state index contributed by atoms with van der Waals surface area (Å²) in [7, 11) is 1.43. The first-order valence-corrected chi connectivity index (χ1v) is 10.6. The van der Waals surface area contributed by atoms with E-state index in [1.165, 1.54) is 54.5 Å². The number of Topliss-reactive ketones (excluding diaryl/α,β-unsaturated/α-hetero) is 1. The molecule has 2 aromatic carbocycles. The second kappa shape index (κ2) is 9.60. The first-order chi connectivity index (χ1) is 15.9. The number of benzene rings is 2. The van der Waals surface area contributed by atoms with Crippen LogP contribution in [-0.4, -0.2) is 78.2 Å². The average Bonchev–Trinajstić information content (AvgIpc) is 3.08. The van der Waals surface area contributed by atoms with Crippen LogP contribution in [-0.2, 0) is 14.3 Å². The Balaban J connectivity index is 1.75. The van der Waals surface area contributed by atoms with E-state index in [1.807, 2.05) is 0 Å². The lowest BCUT2D eigenvalue weighted by atomic mass is 9.95. The maximum absolute atomic E-state index is 13.6. The van der Waals surface area contributed by atoms with Crippen molar-refractivity contribution in [2.75, 3.05) is 46.5 Å². The summed E-state index contributed by atoms with van der Waals surface area (Å²) in [6.45, 7) is 3.36. The van der Waals surface area contributed by atoms with Crippen molar-refractivity contribution in [2.45, 2.75) is 6.04 Å². The monoisotopic (exact) mass is 456 g/mol. The number of methoxy groups -OCH3 is 1. The van der Waals surface area contributed by atoms with Crippen LogP contribution in [0.1, 0.15) is 17.2 Å². The van der Waals surface area contributed by atoms with Gasteiger partial charge in [-0.05, 0) is 29.8 Å². The molecule has 2 N–H and O–H groups in total. The molecular weight excluding hydrogens is 431 g/mol. The standard InChI is InChI=1S/C24H25FN2O6/c1-32-17-6-7-18(19(28)14-17)22(29)20-21(15-2-4-16(25)5-3-15)27(24(31)23(20)30)9-8-26-10-12-33-13-11-26/h2-7,14,21,28-29H,8-13H2,1H3/b22-20+.